The van der Waals surface area contributed by atoms with E-state index in [1.807, 2.05) is 21.6 Å². The highest BCUT2D eigenvalue weighted by Crippen LogP contribution is 2.30. The first kappa shape index (κ1) is 18.7. The lowest BCUT2D eigenvalue weighted by Crippen LogP contribution is -2.30. The van der Waals surface area contributed by atoms with Crippen molar-refractivity contribution in [2.45, 2.75) is 38.4 Å². The topological polar surface area (TPSA) is 63.9 Å². The zero-order valence-corrected chi connectivity index (χ0v) is 16.9. The third kappa shape index (κ3) is 3.54. The number of aromatic nitrogens is 4. The molecule has 0 atom stereocenters. The van der Waals surface area contributed by atoms with Gasteiger partial charge in [0.15, 0.2) is 11.0 Å². The summed E-state index contributed by atoms with van der Waals surface area (Å²) in [5.41, 5.74) is 4.57. The lowest BCUT2D eigenvalue weighted by molar-refractivity contribution is -0.116. The molecule has 0 aliphatic carbocycles. The van der Waals surface area contributed by atoms with Crippen LogP contribution in [-0.2, 0) is 24.2 Å². The van der Waals surface area contributed by atoms with Crippen LogP contribution >= 0.6 is 11.8 Å². The second-order valence-corrected chi connectivity index (χ2v) is 7.64. The van der Waals surface area contributed by atoms with Crippen LogP contribution in [0.4, 0.5) is 5.69 Å². The zero-order chi connectivity index (χ0) is 19.5. The Morgan fingerprint density at radius 3 is 2.86 bits per heavy atom. The fourth-order valence-corrected chi connectivity index (χ4v) is 4.41. The van der Waals surface area contributed by atoms with E-state index in [2.05, 4.69) is 47.2 Å². The first-order chi connectivity index (χ1) is 13.7. The van der Waals surface area contributed by atoms with E-state index in [1.165, 1.54) is 22.9 Å². The Morgan fingerprint density at radius 1 is 1.21 bits per heavy atom. The zero-order valence-electron chi connectivity index (χ0n) is 16.1. The van der Waals surface area contributed by atoms with Crippen LogP contribution in [0.15, 0.2) is 47.9 Å². The normalized spacial score (nSPS) is 13.0. The second-order valence-electron chi connectivity index (χ2n) is 6.69. The minimum atomic E-state index is 0.113. The Labute approximate surface area is 169 Å². The maximum absolute atomic E-state index is 12.8. The van der Waals surface area contributed by atoms with Crippen LogP contribution in [0.5, 0.6) is 0 Å². The van der Waals surface area contributed by atoms with E-state index in [4.69, 9.17) is 0 Å². The molecule has 0 bridgehead atoms. The lowest BCUT2D eigenvalue weighted by atomic mass is 10.1. The molecule has 1 amide bonds. The van der Waals surface area contributed by atoms with Crippen molar-refractivity contribution >= 4 is 23.4 Å². The number of rotatable bonds is 6. The van der Waals surface area contributed by atoms with E-state index >= 15 is 0 Å². The summed E-state index contributed by atoms with van der Waals surface area (Å²) >= 11 is 1.44. The largest absolute Gasteiger partial charge is 0.311 e. The highest BCUT2D eigenvalue weighted by molar-refractivity contribution is 7.99. The molecular weight excluding hydrogens is 370 g/mol. The van der Waals surface area contributed by atoms with Gasteiger partial charge < -0.3 is 9.47 Å². The van der Waals surface area contributed by atoms with Crippen LogP contribution in [0, 0.1) is 0 Å². The van der Waals surface area contributed by atoms with E-state index in [9.17, 15) is 4.79 Å². The molecule has 144 valence electrons. The number of amides is 1. The monoisotopic (exact) mass is 393 g/mol. The first-order valence-corrected chi connectivity index (χ1v) is 10.6. The van der Waals surface area contributed by atoms with Gasteiger partial charge in [-0.2, -0.15) is 0 Å². The van der Waals surface area contributed by atoms with E-state index in [1.54, 1.807) is 12.4 Å². The molecule has 0 N–H and O–H groups in total. The molecule has 0 fully saturated rings. The second kappa shape index (κ2) is 8.14. The van der Waals surface area contributed by atoms with Gasteiger partial charge in [0, 0.05) is 36.7 Å². The van der Waals surface area contributed by atoms with Gasteiger partial charge in [-0.25, -0.2) is 0 Å². The fraction of sp³-hybridized carbons (Fsp3) is 0.333. The summed E-state index contributed by atoms with van der Waals surface area (Å²) in [7, 11) is 0. The highest BCUT2D eigenvalue weighted by Gasteiger charge is 2.25. The van der Waals surface area contributed by atoms with Gasteiger partial charge in [-0.15, -0.1) is 10.2 Å². The molecule has 0 unspecified atom stereocenters. The molecule has 0 saturated heterocycles. The number of pyridine rings is 1. The molecule has 6 nitrogen and oxygen atoms in total. The molecule has 1 aromatic carbocycles. The van der Waals surface area contributed by atoms with Gasteiger partial charge >= 0.3 is 0 Å². The summed E-state index contributed by atoms with van der Waals surface area (Å²) in [5.74, 6) is 1.24. The smallest absolute Gasteiger partial charge is 0.237 e. The molecule has 4 rings (SSSR count). The van der Waals surface area contributed by atoms with Gasteiger partial charge in [0.2, 0.25) is 5.91 Å². The van der Waals surface area contributed by atoms with Crippen molar-refractivity contribution in [3.8, 4) is 11.4 Å². The Kier molecular flexibility index (Phi) is 5.43. The fourth-order valence-electron chi connectivity index (χ4n) is 3.53. The summed E-state index contributed by atoms with van der Waals surface area (Å²) in [6.07, 6.45) is 5.46. The van der Waals surface area contributed by atoms with Crippen molar-refractivity contribution in [1.29, 1.82) is 0 Å². The minimum Gasteiger partial charge on any atom is -0.311 e. The number of aryl methyl sites for hydroxylation is 1. The molecular formula is C21H23N5OS. The van der Waals surface area contributed by atoms with Gasteiger partial charge in [-0.3, -0.25) is 9.78 Å². The van der Waals surface area contributed by atoms with Crippen LogP contribution in [0.2, 0.25) is 0 Å². The summed E-state index contributed by atoms with van der Waals surface area (Å²) in [5, 5.41) is 9.38. The number of carbonyl (C=O) groups excluding carboxylic acids is 1. The summed E-state index contributed by atoms with van der Waals surface area (Å²) in [6, 6.07) is 10.3. The molecule has 0 saturated carbocycles. The van der Waals surface area contributed by atoms with Crippen molar-refractivity contribution < 1.29 is 4.79 Å². The Balaban J connectivity index is 1.47. The van der Waals surface area contributed by atoms with Crippen LogP contribution < -0.4 is 4.90 Å². The number of anilines is 1. The number of hydrogen-bond donors (Lipinski definition) is 0. The number of thioether (sulfide) groups is 1. The highest BCUT2D eigenvalue weighted by atomic mass is 32.2. The Hall–Kier alpha value is -2.67. The Bertz CT molecular complexity index is 986. The third-order valence-electron chi connectivity index (χ3n) is 5.03. The maximum atomic E-state index is 12.8. The predicted octanol–water partition coefficient (Wildman–Crippen LogP) is 3.60. The van der Waals surface area contributed by atoms with E-state index in [0.717, 1.165) is 48.2 Å². The number of nitrogens with zero attached hydrogens (tertiary/aromatic N) is 5. The van der Waals surface area contributed by atoms with E-state index in [-0.39, 0.29) is 5.91 Å². The van der Waals surface area contributed by atoms with Crippen molar-refractivity contribution in [1.82, 2.24) is 19.7 Å². The molecule has 1 aliphatic heterocycles. The van der Waals surface area contributed by atoms with Gasteiger partial charge in [0.05, 0.1) is 5.75 Å². The van der Waals surface area contributed by atoms with Crippen LogP contribution in [0.25, 0.3) is 11.4 Å². The van der Waals surface area contributed by atoms with E-state index in [0.29, 0.717) is 5.75 Å². The number of benzene rings is 1. The average molecular weight is 394 g/mol. The SMILES string of the molecule is CCc1ccc2c(c1)CCN2C(=O)CSc1nnc(-c2cccnc2)n1CC. The lowest BCUT2D eigenvalue weighted by Gasteiger charge is -2.17. The molecule has 0 radical (unpaired) electrons. The van der Waals surface area contributed by atoms with Gasteiger partial charge in [0.25, 0.3) is 0 Å². The van der Waals surface area contributed by atoms with Gasteiger partial charge in [0.1, 0.15) is 0 Å². The number of fused-ring (bicyclic) bond motifs is 1. The standard InChI is InChI=1S/C21H23N5OS/c1-3-15-7-8-18-16(12-15)9-11-26(18)19(27)14-28-21-24-23-20(25(21)4-2)17-6-5-10-22-13-17/h5-8,10,12-13H,3-4,9,11,14H2,1-2H3. The maximum Gasteiger partial charge on any atom is 0.237 e. The van der Waals surface area contributed by atoms with Crippen LogP contribution in [0.1, 0.15) is 25.0 Å². The van der Waals surface area contributed by atoms with Crippen LogP contribution in [0.3, 0.4) is 0 Å². The van der Waals surface area contributed by atoms with E-state index < -0.39 is 0 Å². The van der Waals surface area contributed by atoms with Crippen LogP contribution in [-0.4, -0.2) is 38.0 Å². The number of hydrogen-bond acceptors (Lipinski definition) is 5. The molecule has 3 aromatic rings. The first-order valence-electron chi connectivity index (χ1n) is 9.59. The average Bonchev–Trinajstić information content (AvgIpc) is 3.35. The van der Waals surface area contributed by atoms with Crippen molar-refractivity contribution in [3.63, 3.8) is 0 Å². The number of carbonyl (C=O) groups is 1. The summed E-state index contributed by atoms with van der Waals surface area (Å²) in [4.78, 5) is 18.9. The van der Waals surface area contributed by atoms with Crippen molar-refractivity contribution in [2.75, 3.05) is 17.2 Å². The molecule has 0 spiro atoms. The molecule has 3 heterocycles. The molecule has 2 aromatic heterocycles. The quantitative estimate of drug-likeness (QED) is 0.599. The molecule has 28 heavy (non-hydrogen) atoms. The third-order valence-corrected chi connectivity index (χ3v) is 5.98. The summed E-state index contributed by atoms with van der Waals surface area (Å²) < 4.78 is 2.03. The predicted molar refractivity (Wildman–Crippen MR) is 112 cm³/mol. The van der Waals surface area contributed by atoms with Gasteiger partial charge in [-0.05, 0) is 49.1 Å². The Morgan fingerprint density at radius 2 is 2.11 bits per heavy atom. The molecule has 1 aliphatic rings. The minimum absolute atomic E-state index is 0.113. The van der Waals surface area contributed by atoms with Crippen molar-refractivity contribution in [3.05, 3.63) is 53.9 Å². The van der Waals surface area contributed by atoms with Crippen molar-refractivity contribution in [2.24, 2.45) is 0 Å². The summed E-state index contributed by atoms with van der Waals surface area (Å²) in [6.45, 7) is 5.69. The molecule has 7 heteroatoms. The van der Waals surface area contributed by atoms with Gasteiger partial charge in [-0.1, -0.05) is 30.8 Å².